The maximum atomic E-state index is 13.5. The van der Waals surface area contributed by atoms with Gasteiger partial charge in [0, 0.05) is 12.1 Å². The van der Waals surface area contributed by atoms with E-state index < -0.39 is 11.8 Å². The summed E-state index contributed by atoms with van der Waals surface area (Å²) in [7, 11) is 1.17. The molecule has 0 unspecified atom stereocenters. The quantitative estimate of drug-likeness (QED) is 0.842. The van der Waals surface area contributed by atoms with Gasteiger partial charge >= 0.3 is 5.97 Å². The molecule has 2 rings (SSSR count). The maximum absolute atomic E-state index is 13.5. The predicted molar refractivity (Wildman–Crippen MR) is 62.3 cm³/mol. The SMILES string of the molecule is COC(=O)c1cc(OC2CCCC2)c(O)cc1F. The minimum atomic E-state index is -0.821. The van der Waals surface area contributed by atoms with E-state index in [4.69, 9.17) is 4.74 Å². The van der Waals surface area contributed by atoms with Gasteiger partial charge in [-0.25, -0.2) is 9.18 Å². The van der Waals surface area contributed by atoms with E-state index >= 15 is 0 Å². The first-order valence-corrected chi connectivity index (χ1v) is 5.89. The van der Waals surface area contributed by atoms with Crippen molar-refractivity contribution in [3.8, 4) is 11.5 Å². The Balaban J connectivity index is 2.25. The highest BCUT2D eigenvalue weighted by atomic mass is 19.1. The second-order valence-electron chi connectivity index (χ2n) is 4.32. The van der Waals surface area contributed by atoms with E-state index in [-0.39, 0.29) is 23.2 Å². The van der Waals surface area contributed by atoms with Crippen LogP contribution in [-0.2, 0) is 4.74 Å². The summed E-state index contributed by atoms with van der Waals surface area (Å²) >= 11 is 0. The van der Waals surface area contributed by atoms with Crippen LogP contribution in [0.2, 0.25) is 0 Å². The minimum Gasteiger partial charge on any atom is -0.504 e. The van der Waals surface area contributed by atoms with Gasteiger partial charge in [0.2, 0.25) is 0 Å². The second-order valence-corrected chi connectivity index (χ2v) is 4.32. The van der Waals surface area contributed by atoms with Crippen LogP contribution < -0.4 is 4.74 Å². The molecule has 1 aromatic rings. The Kier molecular flexibility index (Phi) is 3.69. The molecule has 1 saturated carbocycles. The zero-order valence-electron chi connectivity index (χ0n) is 10.1. The molecule has 0 aliphatic heterocycles. The number of rotatable bonds is 3. The first kappa shape index (κ1) is 12.7. The van der Waals surface area contributed by atoms with E-state index in [1.54, 1.807) is 0 Å². The topological polar surface area (TPSA) is 55.8 Å². The number of hydrogen-bond donors (Lipinski definition) is 1. The molecule has 18 heavy (non-hydrogen) atoms. The molecule has 5 heteroatoms. The number of benzene rings is 1. The van der Waals surface area contributed by atoms with Crippen molar-refractivity contribution in [2.24, 2.45) is 0 Å². The number of carbonyl (C=O) groups excluding carboxylic acids is 1. The van der Waals surface area contributed by atoms with Gasteiger partial charge in [0.1, 0.15) is 5.82 Å². The van der Waals surface area contributed by atoms with Crippen LogP contribution in [0.3, 0.4) is 0 Å². The van der Waals surface area contributed by atoms with E-state index in [9.17, 15) is 14.3 Å². The van der Waals surface area contributed by atoms with Crippen LogP contribution in [0, 0.1) is 5.82 Å². The zero-order valence-corrected chi connectivity index (χ0v) is 10.1. The predicted octanol–water partition coefficient (Wildman–Crippen LogP) is 2.64. The average molecular weight is 254 g/mol. The number of phenols is 1. The lowest BCUT2D eigenvalue weighted by Gasteiger charge is -2.15. The van der Waals surface area contributed by atoms with E-state index in [0.717, 1.165) is 31.7 Å². The summed E-state index contributed by atoms with van der Waals surface area (Å²) < 4.78 is 23.5. The monoisotopic (exact) mass is 254 g/mol. The number of methoxy groups -OCH3 is 1. The van der Waals surface area contributed by atoms with Crippen molar-refractivity contribution >= 4 is 5.97 Å². The molecule has 1 aromatic carbocycles. The van der Waals surface area contributed by atoms with Crippen LogP contribution in [0.1, 0.15) is 36.0 Å². The smallest absolute Gasteiger partial charge is 0.340 e. The van der Waals surface area contributed by atoms with E-state index in [2.05, 4.69) is 4.74 Å². The van der Waals surface area contributed by atoms with Crippen molar-refractivity contribution in [2.75, 3.05) is 7.11 Å². The molecular weight excluding hydrogens is 239 g/mol. The Morgan fingerprint density at radius 1 is 1.39 bits per heavy atom. The summed E-state index contributed by atoms with van der Waals surface area (Å²) in [5, 5.41) is 9.61. The number of esters is 1. The molecule has 0 atom stereocenters. The average Bonchev–Trinajstić information content (AvgIpc) is 2.84. The van der Waals surface area contributed by atoms with Crippen molar-refractivity contribution in [3.63, 3.8) is 0 Å². The fourth-order valence-corrected chi connectivity index (χ4v) is 2.09. The molecule has 0 aromatic heterocycles. The summed E-state index contributed by atoms with van der Waals surface area (Å²) in [6.45, 7) is 0. The van der Waals surface area contributed by atoms with Crippen LogP contribution in [-0.4, -0.2) is 24.3 Å². The van der Waals surface area contributed by atoms with Crippen molar-refractivity contribution in [3.05, 3.63) is 23.5 Å². The number of carbonyl (C=O) groups is 1. The highest BCUT2D eigenvalue weighted by Crippen LogP contribution is 2.33. The normalized spacial score (nSPS) is 15.7. The largest absolute Gasteiger partial charge is 0.504 e. The van der Waals surface area contributed by atoms with Crippen LogP contribution >= 0.6 is 0 Å². The van der Waals surface area contributed by atoms with Crippen LogP contribution in [0.4, 0.5) is 4.39 Å². The molecule has 1 aliphatic rings. The van der Waals surface area contributed by atoms with E-state index in [1.807, 2.05) is 0 Å². The highest BCUT2D eigenvalue weighted by Gasteiger charge is 2.21. The lowest BCUT2D eigenvalue weighted by molar-refractivity contribution is 0.0594. The fourth-order valence-electron chi connectivity index (χ4n) is 2.09. The van der Waals surface area contributed by atoms with Gasteiger partial charge in [-0.05, 0) is 25.7 Å². The lowest BCUT2D eigenvalue weighted by atomic mass is 10.2. The Morgan fingerprint density at radius 2 is 2.06 bits per heavy atom. The van der Waals surface area contributed by atoms with Crippen molar-refractivity contribution < 1.29 is 23.8 Å². The van der Waals surface area contributed by atoms with Crippen molar-refractivity contribution in [2.45, 2.75) is 31.8 Å². The molecule has 1 N–H and O–H groups in total. The van der Waals surface area contributed by atoms with Crippen LogP contribution in [0.5, 0.6) is 11.5 Å². The summed E-state index contributed by atoms with van der Waals surface area (Å²) in [6.07, 6.45) is 3.99. The van der Waals surface area contributed by atoms with Gasteiger partial charge in [0.15, 0.2) is 11.5 Å². The molecule has 0 saturated heterocycles. The van der Waals surface area contributed by atoms with E-state index in [0.29, 0.717) is 0 Å². The number of hydrogen-bond acceptors (Lipinski definition) is 4. The van der Waals surface area contributed by atoms with Gasteiger partial charge in [-0.3, -0.25) is 0 Å². The Bertz CT molecular complexity index is 453. The molecule has 1 fully saturated rings. The van der Waals surface area contributed by atoms with Crippen molar-refractivity contribution in [1.29, 1.82) is 0 Å². The van der Waals surface area contributed by atoms with E-state index in [1.165, 1.54) is 13.2 Å². The summed E-state index contributed by atoms with van der Waals surface area (Å²) in [5.74, 6) is -1.78. The van der Waals surface area contributed by atoms with Crippen LogP contribution in [0.15, 0.2) is 12.1 Å². The zero-order chi connectivity index (χ0) is 13.1. The summed E-state index contributed by atoms with van der Waals surface area (Å²) in [5.41, 5.74) is -0.233. The first-order chi connectivity index (χ1) is 8.61. The first-order valence-electron chi connectivity index (χ1n) is 5.89. The number of phenolic OH excluding ortho intramolecular Hbond substituents is 1. The minimum absolute atomic E-state index is 0.0202. The van der Waals surface area contributed by atoms with Gasteiger partial charge in [-0.1, -0.05) is 0 Å². The third kappa shape index (κ3) is 2.55. The van der Waals surface area contributed by atoms with Gasteiger partial charge in [-0.2, -0.15) is 0 Å². The third-order valence-electron chi connectivity index (χ3n) is 3.05. The Labute approximate surface area is 104 Å². The summed E-state index contributed by atoms with van der Waals surface area (Å²) in [6, 6.07) is 2.06. The lowest BCUT2D eigenvalue weighted by Crippen LogP contribution is -2.12. The highest BCUT2D eigenvalue weighted by molar-refractivity contribution is 5.90. The molecule has 4 nitrogen and oxygen atoms in total. The Morgan fingerprint density at radius 3 is 2.67 bits per heavy atom. The molecule has 98 valence electrons. The van der Waals surface area contributed by atoms with Gasteiger partial charge in [-0.15, -0.1) is 0 Å². The molecule has 0 bridgehead atoms. The van der Waals surface area contributed by atoms with Gasteiger partial charge < -0.3 is 14.6 Å². The molecular formula is C13H15FO4. The molecule has 0 radical (unpaired) electrons. The standard InChI is InChI=1S/C13H15FO4/c1-17-13(16)9-6-12(11(15)7-10(9)14)18-8-4-2-3-5-8/h6-8,15H,2-5H2,1H3. The number of ether oxygens (including phenoxy) is 2. The van der Waals surface area contributed by atoms with Gasteiger partial charge in [0.25, 0.3) is 0 Å². The molecule has 0 heterocycles. The van der Waals surface area contributed by atoms with Gasteiger partial charge in [0.05, 0.1) is 18.8 Å². The molecule has 1 aliphatic carbocycles. The van der Waals surface area contributed by atoms with Crippen molar-refractivity contribution in [1.82, 2.24) is 0 Å². The fraction of sp³-hybridized carbons (Fsp3) is 0.462. The van der Waals surface area contributed by atoms with Crippen LogP contribution in [0.25, 0.3) is 0 Å². The second kappa shape index (κ2) is 5.25. The summed E-state index contributed by atoms with van der Waals surface area (Å²) in [4.78, 5) is 11.3. The number of aromatic hydroxyl groups is 1. The maximum Gasteiger partial charge on any atom is 0.340 e. The number of halogens is 1. The Hall–Kier alpha value is -1.78. The molecule has 0 spiro atoms. The third-order valence-corrected chi connectivity index (χ3v) is 3.05. The molecule has 0 amide bonds.